The van der Waals surface area contributed by atoms with Gasteiger partial charge in [0.2, 0.25) is 0 Å². The van der Waals surface area contributed by atoms with Crippen molar-refractivity contribution in [3.63, 3.8) is 0 Å². The van der Waals surface area contributed by atoms with E-state index < -0.39 is 0 Å². The molecule has 1 fully saturated rings. The maximum Gasteiger partial charge on any atom is 0.113 e. The first-order valence-corrected chi connectivity index (χ1v) is 8.96. The zero-order chi connectivity index (χ0) is 14.9. The SMILES string of the molecule is CC1CCC(NC(C)C)(c2nc(C(C)C)cs2)C(C)C1. The zero-order valence-corrected chi connectivity index (χ0v) is 14.7. The van der Waals surface area contributed by atoms with Crippen LogP contribution in [0.1, 0.15) is 77.4 Å². The summed E-state index contributed by atoms with van der Waals surface area (Å²) in [5.74, 6) is 2.02. The molecule has 1 aromatic rings. The van der Waals surface area contributed by atoms with Crippen LogP contribution < -0.4 is 5.32 Å². The fraction of sp³-hybridized carbons (Fsp3) is 0.824. The van der Waals surface area contributed by atoms with Gasteiger partial charge in [-0.1, -0.05) is 27.7 Å². The molecule has 0 bridgehead atoms. The Morgan fingerprint density at radius 2 is 2.00 bits per heavy atom. The van der Waals surface area contributed by atoms with E-state index in [9.17, 15) is 0 Å². The standard InChI is InChI=1S/C17H30N2S/c1-11(2)15-10-20-16(18-15)17(19-12(3)4)8-7-13(5)9-14(17)6/h10-14,19H,7-9H2,1-6H3. The normalized spacial score (nSPS) is 31.2. The van der Waals surface area contributed by atoms with Crippen LogP contribution in [-0.4, -0.2) is 11.0 Å². The van der Waals surface area contributed by atoms with Crippen molar-refractivity contribution in [1.82, 2.24) is 10.3 Å². The first-order valence-electron chi connectivity index (χ1n) is 8.08. The van der Waals surface area contributed by atoms with Crippen molar-refractivity contribution >= 4 is 11.3 Å². The summed E-state index contributed by atoms with van der Waals surface area (Å²) in [7, 11) is 0. The van der Waals surface area contributed by atoms with E-state index in [1.54, 1.807) is 0 Å². The maximum absolute atomic E-state index is 4.99. The van der Waals surface area contributed by atoms with Crippen molar-refractivity contribution < 1.29 is 0 Å². The molecule has 0 spiro atoms. The van der Waals surface area contributed by atoms with Crippen molar-refractivity contribution in [3.05, 3.63) is 16.1 Å². The molecule has 1 aliphatic rings. The Kier molecular flexibility index (Phi) is 4.91. The Morgan fingerprint density at radius 1 is 1.30 bits per heavy atom. The van der Waals surface area contributed by atoms with E-state index in [1.165, 1.54) is 30.0 Å². The molecule has 0 radical (unpaired) electrons. The third-order valence-corrected chi connectivity index (χ3v) is 5.71. The van der Waals surface area contributed by atoms with E-state index in [2.05, 4.69) is 52.2 Å². The molecular weight excluding hydrogens is 264 g/mol. The molecule has 114 valence electrons. The van der Waals surface area contributed by atoms with Gasteiger partial charge in [-0.15, -0.1) is 11.3 Å². The van der Waals surface area contributed by atoms with Crippen LogP contribution in [0, 0.1) is 11.8 Å². The second kappa shape index (κ2) is 6.15. The van der Waals surface area contributed by atoms with Gasteiger partial charge in [0.15, 0.2) is 0 Å². The minimum absolute atomic E-state index is 0.0957. The van der Waals surface area contributed by atoms with Gasteiger partial charge >= 0.3 is 0 Å². The number of nitrogens with zero attached hydrogens (tertiary/aromatic N) is 1. The molecule has 1 saturated carbocycles. The highest BCUT2D eigenvalue weighted by molar-refractivity contribution is 7.09. The Hall–Kier alpha value is -0.410. The van der Waals surface area contributed by atoms with Crippen LogP contribution in [0.3, 0.4) is 0 Å². The lowest BCUT2D eigenvalue weighted by Crippen LogP contribution is -2.53. The summed E-state index contributed by atoms with van der Waals surface area (Å²) >= 11 is 1.86. The van der Waals surface area contributed by atoms with E-state index in [4.69, 9.17) is 4.98 Å². The van der Waals surface area contributed by atoms with E-state index in [1.807, 2.05) is 11.3 Å². The lowest BCUT2D eigenvalue weighted by atomic mass is 9.70. The molecule has 1 heterocycles. The minimum atomic E-state index is 0.0957. The van der Waals surface area contributed by atoms with Crippen molar-refractivity contribution in [2.45, 2.75) is 78.3 Å². The lowest BCUT2D eigenvalue weighted by molar-refractivity contribution is 0.112. The lowest BCUT2D eigenvalue weighted by Gasteiger charge is -2.45. The van der Waals surface area contributed by atoms with Gasteiger partial charge in [-0.3, -0.25) is 0 Å². The second-order valence-corrected chi connectivity index (χ2v) is 8.14. The summed E-state index contributed by atoms with van der Waals surface area (Å²) in [4.78, 5) is 4.99. The van der Waals surface area contributed by atoms with Gasteiger partial charge in [-0.25, -0.2) is 4.98 Å². The minimum Gasteiger partial charge on any atom is -0.303 e. The predicted molar refractivity (Wildman–Crippen MR) is 88.3 cm³/mol. The van der Waals surface area contributed by atoms with Crippen LogP contribution in [0.25, 0.3) is 0 Å². The van der Waals surface area contributed by atoms with Crippen LogP contribution in [0.4, 0.5) is 0 Å². The number of thiazole rings is 1. The van der Waals surface area contributed by atoms with Crippen molar-refractivity contribution in [2.75, 3.05) is 0 Å². The van der Waals surface area contributed by atoms with Gasteiger partial charge in [-0.2, -0.15) is 0 Å². The van der Waals surface area contributed by atoms with E-state index in [0.29, 0.717) is 17.9 Å². The first-order chi connectivity index (χ1) is 9.35. The Balaban J connectivity index is 2.35. The first kappa shape index (κ1) is 16.0. The molecule has 0 aromatic carbocycles. The summed E-state index contributed by atoms with van der Waals surface area (Å²) in [5, 5.41) is 7.45. The fourth-order valence-electron chi connectivity index (χ4n) is 3.51. The number of rotatable bonds is 4. The Labute approximate surface area is 128 Å². The molecule has 1 N–H and O–H groups in total. The molecule has 3 heteroatoms. The maximum atomic E-state index is 4.99. The van der Waals surface area contributed by atoms with Gasteiger partial charge in [0.1, 0.15) is 5.01 Å². The van der Waals surface area contributed by atoms with Crippen LogP contribution in [0.15, 0.2) is 5.38 Å². The van der Waals surface area contributed by atoms with Crippen LogP contribution in [0.2, 0.25) is 0 Å². The van der Waals surface area contributed by atoms with Crippen molar-refractivity contribution in [2.24, 2.45) is 11.8 Å². The van der Waals surface area contributed by atoms with Crippen molar-refractivity contribution in [3.8, 4) is 0 Å². The van der Waals surface area contributed by atoms with Crippen LogP contribution >= 0.6 is 11.3 Å². The predicted octanol–water partition coefficient (Wildman–Crippen LogP) is 4.92. The number of hydrogen-bond donors (Lipinski definition) is 1. The smallest absolute Gasteiger partial charge is 0.113 e. The molecule has 2 nitrogen and oxygen atoms in total. The third kappa shape index (κ3) is 3.09. The molecule has 0 saturated heterocycles. The molecule has 3 unspecified atom stereocenters. The monoisotopic (exact) mass is 294 g/mol. The highest BCUT2D eigenvalue weighted by Gasteiger charge is 2.44. The largest absolute Gasteiger partial charge is 0.303 e. The molecule has 2 rings (SSSR count). The quantitative estimate of drug-likeness (QED) is 0.853. The summed E-state index contributed by atoms with van der Waals surface area (Å²) in [6, 6.07) is 0.497. The molecule has 1 aromatic heterocycles. The summed E-state index contributed by atoms with van der Waals surface area (Å²) in [6.45, 7) is 13.8. The van der Waals surface area contributed by atoms with Crippen molar-refractivity contribution in [1.29, 1.82) is 0 Å². The van der Waals surface area contributed by atoms with Gasteiger partial charge in [0.05, 0.1) is 11.2 Å². The Morgan fingerprint density at radius 3 is 2.50 bits per heavy atom. The second-order valence-electron chi connectivity index (χ2n) is 7.28. The van der Waals surface area contributed by atoms with Crippen LogP contribution in [0.5, 0.6) is 0 Å². The highest BCUT2D eigenvalue weighted by Crippen LogP contribution is 2.45. The zero-order valence-electron chi connectivity index (χ0n) is 13.9. The topological polar surface area (TPSA) is 24.9 Å². The molecule has 3 atom stereocenters. The number of nitrogens with one attached hydrogen (secondary N) is 1. The van der Waals surface area contributed by atoms with Gasteiger partial charge < -0.3 is 5.32 Å². The van der Waals surface area contributed by atoms with E-state index in [0.717, 1.165) is 5.92 Å². The summed E-state index contributed by atoms with van der Waals surface area (Å²) < 4.78 is 0. The van der Waals surface area contributed by atoms with Gasteiger partial charge in [0, 0.05) is 11.4 Å². The molecule has 0 amide bonds. The average molecular weight is 295 g/mol. The van der Waals surface area contributed by atoms with E-state index >= 15 is 0 Å². The number of aromatic nitrogens is 1. The molecule has 1 aliphatic carbocycles. The van der Waals surface area contributed by atoms with E-state index in [-0.39, 0.29) is 5.54 Å². The molecule has 0 aliphatic heterocycles. The fourth-order valence-corrected chi connectivity index (χ4v) is 4.80. The Bertz CT molecular complexity index is 438. The highest BCUT2D eigenvalue weighted by atomic mass is 32.1. The van der Waals surface area contributed by atoms with Crippen LogP contribution in [-0.2, 0) is 5.54 Å². The molecular formula is C17H30N2S. The summed E-state index contributed by atoms with van der Waals surface area (Å²) in [5.41, 5.74) is 1.35. The summed E-state index contributed by atoms with van der Waals surface area (Å²) in [6.07, 6.45) is 3.83. The average Bonchev–Trinajstić information content (AvgIpc) is 2.82. The van der Waals surface area contributed by atoms with Gasteiger partial charge in [-0.05, 0) is 50.9 Å². The van der Waals surface area contributed by atoms with Gasteiger partial charge in [0.25, 0.3) is 0 Å². The number of hydrogen-bond acceptors (Lipinski definition) is 3. The third-order valence-electron chi connectivity index (χ3n) is 4.67. The molecule has 20 heavy (non-hydrogen) atoms.